The molecule has 0 amide bonds. The monoisotopic (exact) mass is 166 g/mol. The zero-order valence-corrected chi connectivity index (χ0v) is 7.50. The Kier molecular flexibility index (Phi) is 1.79. The Hall–Kier alpha value is -0.990. The third-order valence-electron chi connectivity index (χ3n) is 1.95. The highest BCUT2D eigenvalue weighted by atomic mass is 16.5. The van der Waals surface area contributed by atoms with Gasteiger partial charge >= 0.3 is 0 Å². The fraction of sp³-hybridized carbons (Fsp3) is 0.667. The van der Waals surface area contributed by atoms with Crippen LogP contribution in [-0.4, -0.2) is 11.2 Å². The van der Waals surface area contributed by atoms with Crippen LogP contribution in [0.1, 0.15) is 38.3 Å². The van der Waals surface area contributed by atoms with E-state index in [0.717, 1.165) is 11.6 Å². The minimum absolute atomic E-state index is 0.407. The summed E-state index contributed by atoms with van der Waals surface area (Å²) >= 11 is 0. The van der Waals surface area contributed by atoms with Gasteiger partial charge in [0.25, 0.3) is 0 Å². The minimum Gasteiger partial charge on any atom is -0.352 e. The number of anilines is 1. The number of nitrogens with one attached hydrogen (secondary N) is 1. The molecule has 12 heavy (non-hydrogen) atoms. The van der Waals surface area contributed by atoms with Crippen LogP contribution >= 0.6 is 0 Å². The largest absolute Gasteiger partial charge is 0.352 e. The van der Waals surface area contributed by atoms with Crippen LogP contribution in [0.4, 0.5) is 5.88 Å². The van der Waals surface area contributed by atoms with E-state index in [4.69, 9.17) is 4.52 Å². The number of hydrogen-bond donors (Lipinski definition) is 1. The molecule has 0 unspecified atom stereocenters. The summed E-state index contributed by atoms with van der Waals surface area (Å²) in [5.41, 5.74) is 1.11. The highest BCUT2D eigenvalue weighted by molar-refractivity contribution is 5.34. The van der Waals surface area contributed by atoms with Crippen molar-refractivity contribution < 1.29 is 4.52 Å². The van der Waals surface area contributed by atoms with Crippen molar-refractivity contribution in [1.82, 2.24) is 5.16 Å². The molecule has 0 radical (unpaired) electrons. The van der Waals surface area contributed by atoms with E-state index in [2.05, 4.69) is 24.3 Å². The zero-order valence-electron chi connectivity index (χ0n) is 7.50. The highest BCUT2D eigenvalue weighted by Gasteiger charge is 2.27. The molecule has 0 bridgehead atoms. The third kappa shape index (κ3) is 1.60. The third-order valence-corrected chi connectivity index (χ3v) is 1.95. The molecule has 3 heteroatoms. The van der Waals surface area contributed by atoms with Crippen LogP contribution in [0.5, 0.6) is 0 Å². The quantitative estimate of drug-likeness (QED) is 0.749. The summed E-state index contributed by atoms with van der Waals surface area (Å²) < 4.78 is 5.12. The first kappa shape index (κ1) is 7.65. The summed E-state index contributed by atoms with van der Waals surface area (Å²) in [6.45, 7) is 4.17. The van der Waals surface area contributed by atoms with E-state index >= 15 is 0 Å². The Bertz CT molecular complexity index is 263. The molecular weight excluding hydrogens is 152 g/mol. The van der Waals surface area contributed by atoms with Crippen molar-refractivity contribution in [2.24, 2.45) is 0 Å². The molecule has 1 aromatic heterocycles. The van der Waals surface area contributed by atoms with Gasteiger partial charge < -0.3 is 9.84 Å². The molecular formula is C9H14N2O. The zero-order chi connectivity index (χ0) is 8.55. The van der Waals surface area contributed by atoms with E-state index in [1.54, 1.807) is 0 Å². The Morgan fingerprint density at radius 1 is 1.58 bits per heavy atom. The topological polar surface area (TPSA) is 38.1 Å². The van der Waals surface area contributed by atoms with Gasteiger partial charge in [-0.15, -0.1) is 0 Å². The van der Waals surface area contributed by atoms with Gasteiger partial charge in [-0.25, -0.2) is 0 Å². The van der Waals surface area contributed by atoms with Gasteiger partial charge in [-0.2, -0.15) is 0 Å². The molecule has 66 valence electrons. The second-order valence-electron chi connectivity index (χ2n) is 3.69. The summed E-state index contributed by atoms with van der Waals surface area (Å²) in [7, 11) is 0. The van der Waals surface area contributed by atoms with Gasteiger partial charge in [-0.3, -0.25) is 0 Å². The molecule has 1 heterocycles. The molecule has 1 N–H and O–H groups in total. The lowest BCUT2D eigenvalue weighted by Gasteiger charge is -2.02. The van der Waals surface area contributed by atoms with Gasteiger partial charge in [0.05, 0.1) is 5.69 Å². The second kappa shape index (κ2) is 2.81. The van der Waals surface area contributed by atoms with Crippen LogP contribution in [0.2, 0.25) is 0 Å². The van der Waals surface area contributed by atoms with Crippen molar-refractivity contribution in [1.29, 1.82) is 0 Å². The summed E-state index contributed by atoms with van der Waals surface area (Å²) in [6, 6.07) is 2.42. The van der Waals surface area contributed by atoms with Crippen molar-refractivity contribution in [2.75, 3.05) is 5.32 Å². The van der Waals surface area contributed by atoms with Crippen molar-refractivity contribution in [3.8, 4) is 0 Å². The predicted molar refractivity (Wildman–Crippen MR) is 47.2 cm³/mol. The lowest BCUT2D eigenvalue weighted by atomic mass is 10.3. The highest BCUT2D eigenvalue weighted by Crippen LogP contribution is 2.40. The van der Waals surface area contributed by atoms with Gasteiger partial charge in [0.1, 0.15) is 0 Å². The average Bonchev–Trinajstić information content (AvgIpc) is 2.73. The molecule has 1 fully saturated rings. The van der Waals surface area contributed by atoms with Gasteiger partial charge in [0.2, 0.25) is 5.88 Å². The maximum atomic E-state index is 5.12. The smallest absolute Gasteiger partial charge is 0.225 e. The molecule has 3 nitrogen and oxygen atoms in total. The van der Waals surface area contributed by atoms with E-state index in [1.807, 2.05) is 6.07 Å². The first-order valence-corrected chi connectivity index (χ1v) is 4.49. The van der Waals surface area contributed by atoms with E-state index < -0.39 is 0 Å². The summed E-state index contributed by atoms with van der Waals surface area (Å²) in [4.78, 5) is 0. The van der Waals surface area contributed by atoms with Gasteiger partial charge in [0, 0.05) is 18.0 Å². The standard InChI is InChI=1S/C9H14N2O/c1-6(2)10-9-5-8(11-12-9)7-3-4-7/h5-7,10H,3-4H2,1-2H3. The lowest BCUT2D eigenvalue weighted by molar-refractivity contribution is 0.421. The van der Waals surface area contributed by atoms with Crippen LogP contribution in [0, 0.1) is 0 Å². The van der Waals surface area contributed by atoms with Gasteiger partial charge in [0.15, 0.2) is 0 Å². The van der Waals surface area contributed by atoms with Gasteiger partial charge in [-0.05, 0) is 26.7 Å². The van der Waals surface area contributed by atoms with Crippen LogP contribution in [-0.2, 0) is 0 Å². The molecule has 0 aliphatic heterocycles. The average molecular weight is 166 g/mol. The predicted octanol–water partition coefficient (Wildman–Crippen LogP) is 2.37. The molecule has 1 saturated carbocycles. The van der Waals surface area contributed by atoms with Crippen LogP contribution in [0.3, 0.4) is 0 Å². The fourth-order valence-corrected chi connectivity index (χ4v) is 1.21. The number of rotatable bonds is 3. The SMILES string of the molecule is CC(C)Nc1cc(C2CC2)no1. The van der Waals surface area contributed by atoms with E-state index in [9.17, 15) is 0 Å². The molecule has 1 aliphatic rings. The summed E-state index contributed by atoms with van der Waals surface area (Å²) in [5.74, 6) is 1.48. The number of aromatic nitrogens is 1. The van der Waals surface area contributed by atoms with E-state index in [-0.39, 0.29) is 0 Å². The Morgan fingerprint density at radius 3 is 2.92 bits per heavy atom. The van der Waals surface area contributed by atoms with Crippen molar-refractivity contribution in [3.63, 3.8) is 0 Å². The van der Waals surface area contributed by atoms with Crippen LogP contribution < -0.4 is 5.32 Å². The normalized spacial score (nSPS) is 16.9. The molecule has 0 spiro atoms. The van der Waals surface area contributed by atoms with Crippen LogP contribution in [0.25, 0.3) is 0 Å². The Labute approximate surface area is 72.1 Å². The van der Waals surface area contributed by atoms with Crippen molar-refractivity contribution in [3.05, 3.63) is 11.8 Å². The molecule has 0 atom stereocenters. The number of hydrogen-bond acceptors (Lipinski definition) is 3. The van der Waals surface area contributed by atoms with E-state index in [1.165, 1.54) is 12.8 Å². The molecule has 2 rings (SSSR count). The van der Waals surface area contributed by atoms with Gasteiger partial charge in [-0.1, -0.05) is 5.16 Å². The lowest BCUT2D eigenvalue weighted by Crippen LogP contribution is -2.08. The molecule has 0 aromatic carbocycles. The Morgan fingerprint density at radius 2 is 2.33 bits per heavy atom. The van der Waals surface area contributed by atoms with E-state index in [0.29, 0.717) is 12.0 Å². The Balaban J connectivity index is 2.03. The molecule has 1 aliphatic carbocycles. The maximum Gasteiger partial charge on any atom is 0.225 e. The first-order chi connectivity index (χ1) is 5.75. The fourth-order valence-electron chi connectivity index (χ4n) is 1.21. The summed E-state index contributed by atoms with van der Waals surface area (Å²) in [6.07, 6.45) is 2.54. The number of nitrogens with zero attached hydrogens (tertiary/aromatic N) is 1. The molecule has 0 saturated heterocycles. The minimum atomic E-state index is 0.407. The second-order valence-corrected chi connectivity index (χ2v) is 3.69. The summed E-state index contributed by atoms with van der Waals surface area (Å²) in [5, 5.41) is 7.17. The molecule has 1 aromatic rings. The first-order valence-electron chi connectivity index (χ1n) is 4.49. The van der Waals surface area contributed by atoms with Crippen molar-refractivity contribution in [2.45, 2.75) is 38.6 Å². The van der Waals surface area contributed by atoms with Crippen LogP contribution in [0.15, 0.2) is 10.6 Å². The van der Waals surface area contributed by atoms with Crippen molar-refractivity contribution >= 4 is 5.88 Å². The maximum absolute atomic E-state index is 5.12.